The van der Waals surface area contributed by atoms with Crippen molar-refractivity contribution in [1.82, 2.24) is 10.2 Å². The third-order valence-electron chi connectivity index (χ3n) is 5.42. The minimum absolute atomic E-state index is 0.782. The lowest BCUT2D eigenvalue weighted by Crippen LogP contribution is -2.47. The lowest BCUT2D eigenvalue weighted by Gasteiger charge is -2.38. The van der Waals surface area contributed by atoms with Crippen LogP contribution < -0.4 is 5.32 Å². The zero-order chi connectivity index (χ0) is 13.0. The summed E-state index contributed by atoms with van der Waals surface area (Å²) in [6.07, 6.45) is 8.51. The largest absolute Gasteiger partial charge is 0.312 e. The fourth-order valence-electron chi connectivity index (χ4n) is 3.75. The Hall–Kier alpha value is -0.0800. The summed E-state index contributed by atoms with van der Waals surface area (Å²) in [6, 6.07) is 1.57. The summed E-state index contributed by atoms with van der Waals surface area (Å²) in [6.45, 7) is 11.0. The van der Waals surface area contributed by atoms with Crippen molar-refractivity contribution in [1.29, 1.82) is 0 Å². The van der Waals surface area contributed by atoms with Crippen LogP contribution in [0.5, 0.6) is 0 Å². The van der Waals surface area contributed by atoms with Crippen LogP contribution in [0, 0.1) is 11.8 Å². The Morgan fingerprint density at radius 1 is 0.944 bits per heavy atom. The number of hydrogen-bond donors (Lipinski definition) is 1. The summed E-state index contributed by atoms with van der Waals surface area (Å²) < 4.78 is 0. The van der Waals surface area contributed by atoms with Crippen molar-refractivity contribution in [3.63, 3.8) is 0 Å². The first-order valence-corrected chi connectivity index (χ1v) is 8.16. The molecule has 106 valence electrons. The van der Waals surface area contributed by atoms with E-state index in [2.05, 4.69) is 31.0 Å². The van der Waals surface area contributed by atoms with E-state index in [0.717, 1.165) is 23.9 Å². The smallest absolute Gasteiger partial charge is 0.0110 e. The van der Waals surface area contributed by atoms with E-state index < -0.39 is 0 Å². The van der Waals surface area contributed by atoms with Crippen LogP contribution in [0.2, 0.25) is 0 Å². The van der Waals surface area contributed by atoms with Crippen molar-refractivity contribution < 1.29 is 0 Å². The molecule has 0 aromatic heterocycles. The zero-order valence-corrected chi connectivity index (χ0v) is 12.6. The van der Waals surface area contributed by atoms with E-state index in [1.165, 1.54) is 58.2 Å². The maximum Gasteiger partial charge on any atom is 0.0110 e. The highest BCUT2D eigenvalue weighted by molar-refractivity contribution is 4.81. The van der Waals surface area contributed by atoms with Gasteiger partial charge in [-0.15, -0.1) is 0 Å². The molecule has 0 aromatic carbocycles. The number of rotatable bonds is 4. The summed E-state index contributed by atoms with van der Waals surface area (Å²) in [5.41, 5.74) is 0. The lowest BCUT2D eigenvalue weighted by molar-refractivity contribution is 0.112. The van der Waals surface area contributed by atoms with E-state index in [-0.39, 0.29) is 0 Å². The van der Waals surface area contributed by atoms with Crippen LogP contribution >= 0.6 is 0 Å². The average molecular weight is 252 g/mol. The number of nitrogens with one attached hydrogen (secondary N) is 1. The molecule has 1 aliphatic heterocycles. The van der Waals surface area contributed by atoms with Crippen molar-refractivity contribution in [3.8, 4) is 0 Å². The third-order valence-corrected chi connectivity index (χ3v) is 5.42. The second-order valence-corrected chi connectivity index (χ2v) is 6.72. The third kappa shape index (κ3) is 3.71. The molecular formula is C16H32N2. The molecular weight excluding hydrogens is 220 g/mol. The van der Waals surface area contributed by atoms with Crippen molar-refractivity contribution in [2.24, 2.45) is 11.8 Å². The quantitative estimate of drug-likeness (QED) is 0.826. The first kappa shape index (κ1) is 14.3. The van der Waals surface area contributed by atoms with Crippen LogP contribution in [0.4, 0.5) is 0 Å². The molecule has 4 atom stereocenters. The molecule has 2 fully saturated rings. The van der Waals surface area contributed by atoms with Gasteiger partial charge in [-0.05, 0) is 51.0 Å². The van der Waals surface area contributed by atoms with E-state index in [4.69, 9.17) is 0 Å². The predicted molar refractivity (Wildman–Crippen MR) is 78.9 cm³/mol. The van der Waals surface area contributed by atoms with Crippen molar-refractivity contribution in [3.05, 3.63) is 0 Å². The van der Waals surface area contributed by atoms with Gasteiger partial charge < -0.3 is 5.32 Å². The van der Waals surface area contributed by atoms with Gasteiger partial charge in [-0.2, -0.15) is 0 Å². The van der Waals surface area contributed by atoms with E-state index in [9.17, 15) is 0 Å². The summed E-state index contributed by atoms with van der Waals surface area (Å²) in [5, 5.41) is 3.81. The molecule has 18 heavy (non-hydrogen) atoms. The Morgan fingerprint density at radius 3 is 2.44 bits per heavy atom. The maximum atomic E-state index is 3.81. The van der Waals surface area contributed by atoms with Crippen LogP contribution in [0.15, 0.2) is 0 Å². The van der Waals surface area contributed by atoms with Gasteiger partial charge in [0.15, 0.2) is 0 Å². The fraction of sp³-hybridized carbons (Fsp3) is 1.00. The zero-order valence-electron chi connectivity index (χ0n) is 12.6. The lowest BCUT2D eigenvalue weighted by atomic mass is 9.86. The Morgan fingerprint density at radius 2 is 1.67 bits per heavy atom. The standard InChI is InChI=1S/C16H32N2/c1-13-8-6-11-18(15(13)3)12-10-17-16-9-5-4-7-14(16)2/h13-17H,4-12H2,1-3H3. The summed E-state index contributed by atoms with van der Waals surface area (Å²) in [4.78, 5) is 2.69. The van der Waals surface area contributed by atoms with Gasteiger partial charge in [-0.1, -0.05) is 26.7 Å². The van der Waals surface area contributed by atoms with Crippen molar-refractivity contribution >= 4 is 0 Å². The van der Waals surface area contributed by atoms with Crippen molar-refractivity contribution in [2.45, 2.75) is 71.4 Å². The van der Waals surface area contributed by atoms with Gasteiger partial charge in [0, 0.05) is 25.2 Å². The van der Waals surface area contributed by atoms with Gasteiger partial charge in [-0.25, -0.2) is 0 Å². The fourth-order valence-corrected chi connectivity index (χ4v) is 3.75. The predicted octanol–water partition coefficient (Wildman–Crippen LogP) is 3.28. The summed E-state index contributed by atoms with van der Waals surface area (Å²) >= 11 is 0. The molecule has 0 radical (unpaired) electrons. The van der Waals surface area contributed by atoms with E-state index in [1.807, 2.05) is 0 Å². The number of hydrogen-bond acceptors (Lipinski definition) is 2. The van der Waals surface area contributed by atoms with Crippen LogP contribution in [-0.4, -0.2) is 36.6 Å². The van der Waals surface area contributed by atoms with Crippen molar-refractivity contribution in [2.75, 3.05) is 19.6 Å². The highest BCUT2D eigenvalue weighted by Gasteiger charge is 2.25. The Balaban J connectivity index is 1.68. The van der Waals surface area contributed by atoms with Gasteiger partial charge >= 0.3 is 0 Å². The molecule has 2 heteroatoms. The summed E-state index contributed by atoms with van der Waals surface area (Å²) in [7, 11) is 0. The Bertz CT molecular complexity index is 241. The normalized spacial score (nSPS) is 38.8. The minimum atomic E-state index is 0.782. The van der Waals surface area contributed by atoms with Crippen LogP contribution in [0.25, 0.3) is 0 Å². The first-order chi connectivity index (χ1) is 8.68. The molecule has 1 heterocycles. The second kappa shape index (κ2) is 6.91. The number of nitrogens with zero attached hydrogens (tertiary/aromatic N) is 1. The molecule has 1 saturated heterocycles. The van der Waals surface area contributed by atoms with Gasteiger partial charge in [0.25, 0.3) is 0 Å². The number of likely N-dealkylation sites (tertiary alicyclic amines) is 1. The maximum absolute atomic E-state index is 3.81. The minimum Gasteiger partial charge on any atom is -0.312 e. The average Bonchev–Trinajstić information content (AvgIpc) is 2.37. The molecule has 0 amide bonds. The molecule has 0 bridgehead atoms. The SMILES string of the molecule is CC1CCCCC1NCCN1CCCC(C)C1C. The van der Waals surface area contributed by atoms with Gasteiger partial charge in [0.2, 0.25) is 0 Å². The van der Waals surface area contributed by atoms with Crippen LogP contribution in [0.3, 0.4) is 0 Å². The van der Waals surface area contributed by atoms with Gasteiger partial charge in [0.05, 0.1) is 0 Å². The molecule has 1 saturated carbocycles. The molecule has 1 N–H and O–H groups in total. The molecule has 2 rings (SSSR count). The van der Waals surface area contributed by atoms with Gasteiger partial charge in [0.1, 0.15) is 0 Å². The molecule has 2 nitrogen and oxygen atoms in total. The second-order valence-electron chi connectivity index (χ2n) is 6.72. The van der Waals surface area contributed by atoms with Crippen LogP contribution in [-0.2, 0) is 0 Å². The van der Waals surface area contributed by atoms with Crippen LogP contribution in [0.1, 0.15) is 59.3 Å². The Labute approximate surface area is 114 Å². The molecule has 1 aliphatic carbocycles. The molecule has 0 aromatic rings. The van der Waals surface area contributed by atoms with E-state index in [1.54, 1.807) is 0 Å². The summed E-state index contributed by atoms with van der Waals surface area (Å²) in [5.74, 6) is 1.77. The number of piperidine rings is 1. The monoisotopic (exact) mass is 252 g/mol. The highest BCUT2D eigenvalue weighted by Crippen LogP contribution is 2.24. The molecule has 4 unspecified atom stereocenters. The molecule has 2 aliphatic rings. The van der Waals surface area contributed by atoms with E-state index in [0.29, 0.717) is 0 Å². The first-order valence-electron chi connectivity index (χ1n) is 8.16. The van der Waals surface area contributed by atoms with Gasteiger partial charge in [-0.3, -0.25) is 4.90 Å². The molecule has 0 spiro atoms. The highest BCUT2D eigenvalue weighted by atomic mass is 15.2. The Kier molecular flexibility index (Phi) is 5.50. The topological polar surface area (TPSA) is 15.3 Å². The van der Waals surface area contributed by atoms with E-state index >= 15 is 0 Å².